The number of oxazole rings is 1. The summed E-state index contributed by atoms with van der Waals surface area (Å²) >= 11 is 0. The Hall–Kier alpha value is -3.33. The maximum Gasteiger partial charge on any atom is 0.250 e. The largest absolute Gasteiger partial charge is 0.419 e. The maximum absolute atomic E-state index is 12.2. The van der Waals surface area contributed by atoms with Gasteiger partial charge < -0.3 is 13.9 Å². The molecular weight excluding hydrogens is 352 g/mol. The first-order valence-corrected chi connectivity index (χ1v) is 9.55. The van der Waals surface area contributed by atoms with E-state index in [4.69, 9.17) is 4.42 Å². The third-order valence-corrected chi connectivity index (χ3v) is 5.78. The predicted molar refractivity (Wildman–Crippen MR) is 105 cm³/mol. The Bertz CT molecular complexity index is 1140. The minimum absolute atomic E-state index is 0.0692. The van der Waals surface area contributed by atoms with Gasteiger partial charge in [0.2, 0.25) is 17.5 Å². The number of pyridine rings is 1. The number of hydrogen-bond acceptors (Lipinski definition) is 5. The van der Waals surface area contributed by atoms with Gasteiger partial charge in [0, 0.05) is 42.9 Å². The van der Waals surface area contributed by atoms with Crippen LogP contribution >= 0.6 is 0 Å². The summed E-state index contributed by atoms with van der Waals surface area (Å²) in [6.07, 6.45) is 1.06. The van der Waals surface area contributed by atoms with Gasteiger partial charge in [-0.05, 0) is 37.5 Å². The monoisotopic (exact) mass is 372 g/mol. The lowest BCUT2D eigenvalue weighted by atomic mass is 9.83. The summed E-state index contributed by atoms with van der Waals surface area (Å²) in [5.74, 6) is 1.62. The van der Waals surface area contributed by atoms with Gasteiger partial charge in [-0.1, -0.05) is 23.8 Å². The second-order valence-corrected chi connectivity index (χ2v) is 7.75. The molecule has 2 aliphatic heterocycles. The van der Waals surface area contributed by atoms with Crippen LogP contribution in [0.5, 0.6) is 0 Å². The number of fused-ring (bicyclic) bond motifs is 4. The molecule has 1 saturated heterocycles. The molecule has 0 spiro atoms. The fourth-order valence-corrected chi connectivity index (χ4v) is 4.48. The third-order valence-electron chi connectivity index (χ3n) is 5.78. The lowest BCUT2D eigenvalue weighted by molar-refractivity contribution is 0.275. The van der Waals surface area contributed by atoms with Gasteiger partial charge in [0.1, 0.15) is 6.07 Å². The normalized spacial score (nSPS) is 20.5. The summed E-state index contributed by atoms with van der Waals surface area (Å²) in [6, 6.07) is 15.6. The number of rotatable bonds is 2. The summed E-state index contributed by atoms with van der Waals surface area (Å²) in [7, 11) is 0. The highest BCUT2D eigenvalue weighted by molar-refractivity contribution is 5.60. The Morgan fingerprint density at radius 2 is 1.96 bits per heavy atom. The van der Waals surface area contributed by atoms with E-state index in [1.54, 1.807) is 6.07 Å². The Labute approximate surface area is 162 Å². The first-order valence-electron chi connectivity index (χ1n) is 9.55. The Kier molecular flexibility index (Phi) is 3.83. The minimum atomic E-state index is 0.0692. The molecule has 140 valence electrons. The molecule has 2 atom stereocenters. The summed E-state index contributed by atoms with van der Waals surface area (Å²) in [5.41, 5.74) is 3.49. The van der Waals surface area contributed by atoms with Crippen molar-refractivity contribution in [1.82, 2.24) is 9.55 Å². The first kappa shape index (κ1) is 16.8. The number of aromatic nitrogens is 2. The van der Waals surface area contributed by atoms with Crippen molar-refractivity contribution in [2.75, 3.05) is 18.0 Å². The molecule has 28 heavy (non-hydrogen) atoms. The molecule has 6 heteroatoms. The highest BCUT2D eigenvalue weighted by Crippen LogP contribution is 2.38. The van der Waals surface area contributed by atoms with Crippen molar-refractivity contribution in [3.05, 3.63) is 69.8 Å². The van der Waals surface area contributed by atoms with E-state index >= 15 is 0 Å². The molecular formula is C22H20N4O2. The molecule has 3 aromatic rings. The van der Waals surface area contributed by atoms with E-state index < -0.39 is 0 Å². The molecule has 5 rings (SSSR count). The van der Waals surface area contributed by atoms with Crippen molar-refractivity contribution in [2.45, 2.75) is 25.8 Å². The zero-order valence-corrected chi connectivity index (χ0v) is 15.6. The summed E-state index contributed by atoms with van der Waals surface area (Å²) in [5, 5.41) is 9.61. The molecule has 0 N–H and O–H groups in total. The lowest BCUT2D eigenvalue weighted by Gasteiger charge is -2.42. The molecule has 2 unspecified atom stereocenters. The number of piperidine rings is 1. The number of benzene rings is 1. The van der Waals surface area contributed by atoms with E-state index in [9.17, 15) is 10.1 Å². The Morgan fingerprint density at radius 1 is 1.14 bits per heavy atom. The van der Waals surface area contributed by atoms with Crippen LogP contribution in [-0.4, -0.2) is 22.6 Å². The van der Waals surface area contributed by atoms with E-state index in [1.165, 1.54) is 0 Å². The van der Waals surface area contributed by atoms with Crippen LogP contribution in [0.1, 0.15) is 29.3 Å². The first-order chi connectivity index (χ1) is 13.6. The smallest absolute Gasteiger partial charge is 0.250 e. The SMILES string of the molecule is Cc1ccc(-c2nc(C#N)c(N3CC4CC(C3)c3cccc(=O)n3C4)o2)cc1. The van der Waals surface area contributed by atoms with Crippen LogP contribution in [0.3, 0.4) is 0 Å². The predicted octanol–water partition coefficient (Wildman–Crippen LogP) is 3.31. The van der Waals surface area contributed by atoms with Gasteiger partial charge in [-0.15, -0.1) is 0 Å². The molecule has 2 aliphatic rings. The zero-order valence-electron chi connectivity index (χ0n) is 15.6. The Balaban J connectivity index is 1.50. The fourth-order valence-electron chi connectivity index (χ4n) is 4.48. The van der Waals surface area contributed by atoms with Crippen LogP contribution in [-0.2, 0) is 6.54 Å². The fraction of sp³-hybridized carbons (Fsp3) is 0.318. The maximum atomic E-state index is 12.2. The number of nitriles is 1. The second-order valence-electron chi connectivity index (χ2n) is 7.75. The van der Waals surface area contributed by atoms with E-state index in [0.29, 0.717) is 29.9 Å². The van der Waals surface area contributed by atoms with E-state index in [-0.39, 0.29) is 11.5 Å². The van der Waals surface area contributed by atoms with Gasteiger partial charge in [-0.2, -0.15) is 10.2 Å². The van der Waals surface area contributed by atoms with Gasteiger partial charge >= 0.3 is 0 Å². The average molecular weight is 372 g/mol. The van der Waals surface area contributed by atoms with Crippen LogP contribution in [0.15, 0.2) is 51.7 Å². The number of aryl methyl sites for hydroxylation is 1. The van der Waals surface area contributed by atoms with Crippen LogP contribution in [0.4, 0.5) is 5.88 Å². The Morgan fingerprint density at radius 3 is 2.75 bits per heavy atom. The number of nitrogens with zero attached hydrogens (tertiary/aromatic N) is 4. The molecule has 2 aromatic heterocycles. The zero-order chi connectivity index (χ0) is 19.3. The molecule has 0 aliphatic carbocycles. The minimum Gasteiger partial charge on any atom is -0.419 e. The highest BCUT2D eigenvalue weighted by Gasteiger charge is 2.36. The molecule has 0 radical (unpaired) electrons. The van der Waals surface area contributed by atoms with Gasteiger partial charge in [-0.25, -0.2) is 0 Å². The summed E-state index contributed by atoms with van der Waals surface area (Å²) in [4.78, 5) is 18.8. The average Bonchev–Trinajstić information content (AvgIpc) is 3.14. The number of anilines is 1. The van der Waals surface area contributed by atoms with Crippen molar-refractivity contribution in [2.24, 2.45) is 5.92 Å². The van der Waals surface area contributed by atoms with Gasteiger partial charge in [0.25, 0.3) is 5.56 Å². The summed E-state index contributed by atoms with van der Waals surface area (Å²) in [6.45, 7) is 4.22. The third kappa shape index (κ3) is 2.71. The van der Waals surface area contributed by atoms with Crippen molar-refractivity contribution < 1.29 is 4.42 Å². The molecule has 1 fully saturated rings. The highest BCUT2D eigenvalue weighted by atomic mass is 16.4. The van der Waals surface area contributed by atoms with Crippen LogP contribution in [0, 0.1) is 24.2 Å². The van der Waals surface area contributed by atoms with E-state index in [1.807, 2.05) is 47.9 Å². The molecule has 0 amide bonds. The molecule has 1 aromatic carbocycles. The van der Waals surface area contributed by atoms with Gasteiger partial charge in [0.15, 0.2) is 0 Å². The summed E-state index contributed by atoms with van der Waals surface area (Å²) < 4.78 is 7.97. The van der Waals surface area contributed by atoms with E-state index in [2.05, 4.69) is 16.0 Å². The van der Waals surface area contributed by atoms with Gasteiger partial charge in [0.05, 0.1) is 0 Å². The molecule has 6 nitrogen and oxygen atoms in total. The van der Waals surface area contributed by atoms with Crippen LogP contribution in [0.2, 0.25) is 0 Å². The quantitative estimate of drug-likeness (QED) is 0.690. The number of hydrogen-bond donors (Lipinski definition) is 0. The van der Waals surface area contributed by atoms with Crippen molar-refractivity contribution in [1.29, 1.82) is 5.26 Å². The van der Waals surface area contributed by atoms with Gasteiger partial charge in [-0.3, -0.25) is 4.79 Å². The van der Waals surface area contributed by atoms with Crippen molar-refractivity contribution in [3.8, 4) is 17.5 Å². The molecule has 2 bridgehead atoms. The van der Waals surface area contributed by atoms with Crippen molar-refractivity contribution >= 4 is 5.88 Å². The lowest BCUT2D eigenvalue weighted by Crippen LogP contribution is -2.47. The molecule has 0 saturated carbocycles. The van der Waals surface area contributed by atoms with Crippen LogP contribution < -0.4 is 10.5 Å². The topological polar surface area (TPSA) is 75.1 Å². The molecule has 4 heterocycles. The van der Waals surface area contributed by atoms with E-state index in [0.717, 1.165) is 36.3 Å². The van der Waals surface area contributed by atoms with Crippen LogP contribution in [0.25, 0.3) is 11.5 Å². The second kappa shape index (κ2) is 6.38. The van der Waals surface area contributed by atoms with Crippen molar-refractivity contribution in [3.63, 3.8) is 0 Å². The standard InChI is InChI=1S/C22H20N4O2/c1-14-5-7-16(8-6-14)21-24-18(10-23)22(28-21)25-11-15-9-17(13-25)19-3-2-4-20(27)26(19)12-15/h2-8,15,17H,9,11-13H2,1H3.